The molecule has 9 heteroatoms. The van der Waals surface area contributed by atoms with Gasteiger partial charge in [-0.05, 0) is 67.6 Å². The molecule has 152 valence electrons. The quantitative estimate of drug-likeness (QED) is 0.614. The minimum absolute atomic E-state index is 0.197. The van der Waals surface area contributed by atoms with Crippen LogP contribution in [0.1, 0.15) is 33.6 Å². The summed E-state index contributed by atoms with van der Waals surface area (Å²) in [5.41, 5.74) is -0.535. The van der Waals surface area contributed by atoms with E-state index in [4.69, 9.17) is 9.47 Å². The molecule has 0 unspecified atom stereocenters. The van der Waals surface area contributed by atoms with Crippen LogP contribution in [-0.2, 0) is 4.74 Å². The van der Waals surface area contributed by atoms with Gasteiger partial charge in [0.15, 0.2) is 0 Å². The predicted octanol–water partition coefficient (Wildman–Crippen LogP) is 5.37. The van der Waals surface area contributed by atoms with E-state index in [2.05, 4.69) is 20.7 Å². The van der Waals surface area contributed by atoms with E-state index in [9.17, 15) is 18.0 Å². The first kappa shape index (κ1) is 21.7. The molecule has 0 N–H and O–H groups in total. The minimum Gasteiger partial charge on any atom is -0.492 e. The zero-order valence-corrected chi connectivity index (χ0v) is 17.0. The molecule has 0 saturated carbocycles. The Morgan fingerprint density at radius 2 is 1.85 bits per heavy atom. The summed E-state index contributed by atoms with van der Waals surface area (Å²) in [5.74, 6) is 0.148. The van der Waals surface area contributed by atoms with Crippen molar-refractivity contribution in [3.63, 3.8) is 0 Å². The van der Waals surface area contributed by atoms with E-state index >= 15 is 0 Å². The molecule has 1 aromatic rings. The van der Waals surface area contributed by atoms with Crippen molar-refractivity contribution in [3.8, 4) is 11.5 Å². The van der Waals surface area contributed by atoms with E-state index in [0.717, 1.165) is 12.8 Å². The Kier molecular flexibility index (Phi) is 6.88. The van der Waals surface area contributed by atoms with Crippen LogP contribution >= 0.6 is 15.9 Å². The van der Waals surface area contributed by atoms with Crippen molar-refractivity contribution in [2.45, 2.75) is 45.6 Å². The van der Waals surface area contributed by atoms with Crippen LogP contribution in [0, 0.1) is 5.92 Å². The van der Waals surface area contributed by atoms with Gasteiger partial charge in [-0.25, -0.2) is 4.79 Å². The van der Waals surface area contributed by atoms with Crippen LogP contribution in [0.25, 0.3) is 0 Å². The van der Waals surface area contributed by atoms with E-state index in [-0.39, 0.29) is 23.5 Å². The molecule has 1 aliphatic rings. The number of hydrogen-bond donors (Lipinski definition) is 0. The second kappa shape index (κ2) is 8.58. The van der Waals surface area contributed by atoms with Crippen LogP contribution in [0.2, 0.25) is 0 Å². The molecule has 0 aromatic heterocycles. The van der Waals surface area contributed by atoms with E-state index in [0.29, 0.717) is 24.2 Å². The summed E-state index contributed by atoms with van der Waals surface area (Å²) in [6.07, 6.45) is -3.62. The number of likely N-dealkylation sites (tertiary alicyclic amines) is 1. The van der Waals surface area contributed by atoms with Crippen molar-refractivity contribution < 1.29 is 32.2 Å². The Morgan fingerprint density at radius 1 is 1.22 bits per heavy atom. The summed E-state index contributed by atoms with van der Waals surface area (Å²) >= 11 is 3.26. The first-order valence-corrected chi connectivity index (χ1v) is 9.38. The van der Waals surface area contributed by atoms with Gasteiger partial charge in [0.25, 0.3) is 0 Å². The third-order valence-corrected chi connectivity index (χ3v) is 4.53. The SMILES string of the molecule is CC(C)(C)OC(=O)N1CCC(COc2cc(OC(F)(F)F)ccc2Br)CC1. The maximum Gasteiger partial charge on any atom is 0.573 e. The highest BCUT2D eigenvalue weighted by atomic mass is 79.9. The van der Waals surface area contributed by atoms with Crippen LogP contribution in [0.3, 0.4) is 0 Å². The number of halogens is 4. The number of hydrogen-bond acceptors (Lipinski definition) is 4. The molecule has 1 amide bonds. The molecule has 0 aliphatic carbocycles. The highest BCUT2D eigenvalue weighted by Gasteiger charge is 2.31. The molecule has 1 fully saturated rings. The lowest BCUT2D eigenvalue weighted by atomic mass is 9.98. The van der Waals surface area contributed by atoms with Gasteiger partial charge in [0, 0.05) is 19.2 Å². The van der Waals surface area contributed by atoms with Crippen molar-refractivity contribution in [3.05, 3.63) is 22.7 Å². The molecule has 1 heterocycles. The lowest BCUT2D eigenvalue weighted by molar-refractivity contribution is -0.274. The number of nitrogens with zero attached hydrogens (tertiary/aromatic N) is 1. The fraction of sp³-hybridized carbons (Fsp3) is 0.611. The van der Waals surface area contributed by atoms with Crippen molar-refractivity contribution in [1.82, 2.24) is 4.90 Å². The zero-order valence-electron chi connectivity index (χ0n) is 15.4. The standard InChI is InChI=1S/C18H23BrF3NO4/c1-17(2,3)27-16(24)23-8-6-12(7-9-23)11-25-15-10-13(4-5-14(15)19)26-18(20,21)22/h4-5,10,12H,6-9,11H2,1-3H3. The van der Waals surface area contributed by atoms with Crippen LogP contribution in [0.5, 0.6) is 11.5 Å². The van der Waals surface area contributed by atoms with E-state index in [1.165, 1.54) is 18.2 Å². The lowest BCUT2D eigenvalue weighted by Gasteiger charge is -2.33. The number of rotatable bonds is 4. The third-order valence-electron chi connectivity index (χ3n) is 3.88. The zero-order chi connectivity index (χ0) is 20.2. The summed E-state index contributed by atoms with van der Waals surface area (Å²) in [7, 11) is 0. The number of alkyl halides is 3. The minimum atomic E-state index is -4.75. The summed E-state index contributed by atoms with van der Waals surface area (Å²) in [5, 5.41) is 0. The maximum absolute atomic E-state index is 12.3. The molecule has 0 bridgehead atoms. The number of benzene rings is 1. The molecule has 27 heavy (non-hydrogen) atoms. The van der Waals surface area contributed by atoms with Crippen molar-refractivity contribution >= 4 is 22.0 Å². The molecular formula is C18H23BrF3NO4. The average Bonchev–Trinajstić information content (AvgIpc) is 2.53. The molecule has 1 aliphatic heterocycles. The normalized spacial score (nSPS) is 16.2. The maximum atomic E-state index is 12.3. The second-order valence-corrected chi connectivity index (χ2v) is 8.22. The van der Waals surface area contributed by atoms with Gasteiger partial charge >= 0.3 is 12.5 Å². The number of carbonyl (C=O) groups excluding carboxylic acids is 1. The molecule has 5 nitrogen and oxygen atoms in total. The molecule has 2 rings (SSSR count). The van der Waals surface area contributed by atoms with Crippen molar-refractivity contribution in [1.29, 1.82) is 0 Å². The fourth-order valence-electron chi connectivity index (χ4n) is 2.61. The molecule has 0 spiro atoms. The topological polar surface area (TPSA) is 48.0 Å². The van der Waals surface area contributed by atoms with E-state index in [1.54, 1.807) is 4.90 Å². The number of piperidine rings is 1. The van der Waals surface area contributed by atoms with Crippen LogP contribution in [0.15, 0.2) is 22.7 Å². The summed E-state index contributed by atoms with van der Waals surface area (Å²) in [6, 6.07) is 3.86. The third kappa shape index (κ3) is 7.48. The molecule has 1 saturated heterocycles. The van der Waals surface area contributed by atoms with E-state index in [1.807, 2.05) is 20.8 Å². The van der Waals surface area contributed by atoms with Crippen LogP contribution < -0.4 is 9.47 Å². The highest BCUT2D eigenvalue weighted by molar-refractivity contribution is 9.10. The van der Waals surface area contributed by atoms with Crippen molar-refractivity contribution in [2.75, 3.05) is 19.7 Å². The largest absolute Gasteiger partial charge is 0.573 e. The van der Waals surface area contributed by atoms with Crippen LogP contribution in [0.4, 0.5) is 18.0 Å². The summed E-state index contributed by atoms with van der Waals surface area (Å²) in [6.45, 7) is 6.92. The van der Waals surface area contributed by atoms with Crippen molar-refractivity contribution in [2.24, 2.45) is 5.92 Å². The number of amides is 1. The Bertz CT molecular complexity index is 653. The first-order valence-electron chi connectivity index (χ1n) is 8.59. The average molecular weight is 454 g/mol. The monoisotopic (exact) mass is 453 g/mol. The highest BCUT2D eigenvalue weighted by Crippen LogP contribution is 2.33. The van der Waals surface area contributed by atoms with Gasteiger partial charge in [0.2, 0.25) is 0 Å². The Labute approximate surface area is 164 Å². The first-order chi connectivity index (χ1) is 12.4. The second-order valence-electron chi connectivity index (χ2n) is 7.36. The predicted molar refractivity (Wildman–Crippen MR) is 96.9 cm³/mol. The molecule has 1 aromatic carbocycles. The Balaban J connectivity index is 1.85. The van der Waals surface area contributed by atoms with Crippen LogP contribution in [-0.4, -0.2) is 42.7 Å². The molecule has 0 atom stereocenters. The Hall–Kier alpha value is -1.64. The summed E-state index contributed by atoms with van der Waals surface area (Å²) in [4.78, 5) is 13.7. The van der Waals surface area contributed by atoms with Gasteiger partial charge in [0.05, 0.1) is 11.1 Å². The van der Waals surface area contributed by atoms with Gasteiger partial charge in [-0.3, -0.25) is 0 Å². The number of ether oxygens (including phenoxy) is 3. The van der Waals surface area contributed by atoms with E-state index < -0.39 is 12.0 Å². The van der Waals surface area contributed by atoms with Gasteiger partial charge < -0.3 is 19.1 Å². The summed E-state index contributed by atoms with van der Waals surface area (Å²) < 4.78 is 52.5. The fourth-order valence-corrected chi connectivity index (χ4v) is 2.97. The van der Waals surface area contributed by atoms with Gasteiger partial charge in [-0.15, -0.1) is 13.2 Å². The van der Waals surface area contributed by atoms with Gasteiger partial charge in [-0.2, -0.15) is 0 Å². The molecule has 0 radical (unpaired) electrons. The smallest absolute Gasteiger partial charge is 0.492 e. The van der Waals surface area contributed by atoms with Gasteiger partial charge in [-0.1, -0.05) is 0 Å². The lowest BCUT2D eigenvalue weighted by Crippen LogP contribution is -2.42. The van der Waals surface area contributed by atoms with Gasteiger partial charge in [0.1, 0.15) is 17.1 Å². The molecular weight excluding hydrogens is 431 g/mol. The number of carbonyl (C=O) groups is 1. The Morgan fingerprint density at radius 3 is 2.41 bits per heavy atom.